The van der Waals surface area contributed by atoms with E-state index in [9.17, 15) is 5.11 Å². The summed E-state index contributed by atoms with van der Waals surface area (Å²) in [4.78, 5) is 0. The first-order valence-corrected chi connectivity index (χ1v) is 8.13. The van der Waals surface area contributed by atoms with Crippen LogP contribution < -0.4 is 0 Å². The SMILES string of the molecule is OC(c1ccc(Cl)c(Cl)c1)C1C2CCc3ccccc3C21. The molecule has 4 rings (SSSR count). The van der Waals surface area contributed by atoms with Crippen molar-refractivity contribution in [2.75, 3.05) is 0 Å². The molecule has 1 fully saturated rings. The van der Waals surface area contributed by atoms with Crippen LogP contribution in [0.5, 0.6) is 0 Å². The summed E-state index contributed by atoms with van der Waals surface area (Å²) in [6, 6.07) is 14.1. The topological polar surface area (TPSA) is 20.2 Å². The third-order valence-electron chi connectivity index (χ3n) is 5.04. The molecule has 2 aliphatic carbocycles. The van der Waals surface area contributed by atoms with Gasteiger partial charge in [0.05, 0.1) is 16.1 Å². The molecule has 1 nitrogen and oxygen atoms in total. The summed E-state index contributed by atoms with van der Waals surface area (Å²) in [7, 11) is 0. The Kier molecular flexibility index (Phi) is 3.25. The molecule has 0 amide bonds. The third-order valence-corrected chi connectivity index (χ3v) is 5.78. The Bertz CT molecular complexity index is 697. The van der Waals surface area contributed by atoms with Crippen molar-refractivity contribution in [3.8, 4) is 0 Å². The fraction of sp³-hybridized carbons (Fsp3) is 0.333. The molecule has 108 valence electrons. The van der Waals surface area contributed by atoms with Crippen LogP contribution in [0.1, 0.15) is 35.1 Å². The molecule has 2 aromatic rings. The molecule has 0 radical (unpaired) electrons. The lowest BCUT2D eigenvalue weighted by Gasteiger charge is -2.13. The Hall–Kier alpha value is -1.02. The number of rotatable bonds is 2. The molecule has 2 aromatic carbocycles. The van der Waals surface area contributed by atoms with Gasteiger partial charge in [-0.15, -0.1) is 0 Å². The van der Waals surface area contributed by atoms with E-state index in [1.807, 2.05) is 6.07 Å². The summed E-state index contributed by atoms with van der Waals surface area (Å²) < 4.78 is 0. The monoisotopic (exact) mass is 318 g/mol. The lowest BCUT2D eigenvalue weighted by atomic mass is 9.92. The highest BCUT2D eigenvalue weighted by molar-refractivity contribution is 6.42. The van der Waals surface area contributed by atoms with Crippen LogP contribution in [0.25, 0.3) is 0 Å². The van der Waals surface area contributed by atoms with Crippen LogP contribution in [0, 0.1) is 11.8 Å². The fourth-order valence-electron chi connectivity index (χ4n) is 3.97. The van der Waals surface area contributed by atoms with E-state index in [1.54, 1.807) is 12.1 Å². The van der Waals surface area contributed by atoms with Crippen molar-refractivity contribution >= 4 is 23.2 Å². The minimum Gasteiger partial charge on any atom is -0.388 e. The Morgan fingerprint density at radius 2 is 1.86 bits per heavy atom. The first kappa shape index (κ1) is 13.6. The zero-order valence-electron chi connectivity index (χ0n) is 11.5. The quantitative estimate of drug-likeness (QED) is 0.825. The molecule has 1 N–H and O–H groups in total. The van der Waals surface area contributed by atoms with Gasteiger partial charge >= 0.3 is 0 Å². The van der Waals surface area contributed by atoms with Gasteiger partial charge in [-0.05, 0) is 59.4 Å². The molecule has 21 heavy (non-hydrogen) atoms. The molecule has 2 aliphatic rings. The van der Waals surface area contributed by atoms with Crippen molar-refractivity contribution in [3.63, 3.8) is 0 Å². The van der Waals surface area contributed by atoms with Gasteiger partial charge in [-0.25, -0.2) is 0 Å². The van der Waals surface area contributed by atoms with E-state index in [0.29, 0.717) is 27.8 Å². The van der Waals surface area contributed by atoms with E-state index in [-0.39, 0.29) is 0 Å². The van der Waals surface area contributed by atoms with Crippen molar-refractivity contribution in [1.82, 2.24) is 0 Å². The summed E-state index contributed by atoms with van der Waals surface area (Å²) >= 11 is 12.0. The number of aliphatic hydroxyl groups is 1. The highest BCUT2D eigenvalue weighted by Crippen LogP contribution is 2.64. The van der Waals surface area contributed by atoms with Gasteiger partial charge in [0, 0.05) is 0 Å². The van der Waals surface area contributed by atoms with E-state index < -0.39 is 6.10 Å². The molecular formula is C18H16Cl2O. The average Bonchev–Trinajstić information content (AvgIpc) is 3.24. The normalized spacial score (nSPS) is 27.7. The van der Waals surface area contributed by atoms with Crippen molar-refractivity contribution in [2.24, 2.45) is 11.8 Å². The van der Waals surface area contributed by atoms with E-state index >= 15 is 0 Å². The number of benzene rings is 2. The second-order valence-corrected chi connectivity index (χ2v) is 6.94. The predicted octanol–water partition coefficient (Wildman–Crippen LogP) is 5.00. The van der Waals surface area contributed by atoms with Gasteiger partial charge in [-0.3, -0.25) is 0 Å². The summed E-state index contributed by atoms with van der Waals surface area (Å²) in [6.45, 7) is 0. The Morgan fingerprint density at radius 1 is 1.05 bits per heavy atom. The Morgan fingerprint density at radius 3 is 2.67 bits per heavy atom. The molecule has 4 unspecified atom stereocenters. The zero-order valence-corrected chi connectivity index (χ0v) is 13.0. The van der Waals surface area contributed by atoms with Crippen LogP contribution in [0.3, 0.4) is 0 Å². The number of aryl methyl sites for hydroxylation is 1. The first-order valence-electron chi connectivity index (χ1n) is 7.37. The van der Waals surface area contributed by atoms with E-state index in [1.165, 1.54) is 17.5 Å². The fourth-order valence-corrected chi connectivity index (χ4v) is 4.28. The van der Waals surface area contributed by atoms with Crippen LogP contribution in [0.2, 0.25) is 10.0 Å². The molecule has 0 saturated heterocycles. The van der Waals surface area contributed by atoms with Crippen molar-refractivity contribution < 1.29 is 5.11 Å². The van der Waals surface area contributed by atoms with Crippen LogP contribution in [-0.2, 0) is 6.42 Å². The largest absolute Gasteiger partial charge is 0.388 e. The van der Waals surface area contributed by atoms with E-state index in [4.69, 9.17) is 23.2 Å². The molecule has 0 bridgehead atoms. The van der Waals surface area contributed by atoms with Gasteiger partial charge < -0.3 is 5.11 Å². The Labute approximate surface area is 134 Å². The third kappa shape index (κ3) is 2.19. The second-order valence-electron chi connectivity index (χ2n) is 6.12. The van der Waals surface area contributed by atoms with Crippen LogP contribution in [0.15, 0.2) is 42.5 Å². The van der Waals surface area contributed by atoms with Gasteiger partial charge in [0.25, 0.3) is 0 Å². The lowest BCUT2D eigenvalue weighted by molar-refractivity contribution is 0.145. The molecule has 3 heteroatoms. The lowest BCUT2D eigenvalue weighted by Crippen LogP contribution is -2.02. The molecule has 0 aromatic heterocycles. The number of hydrogen-bond acceptors (Lipinski definition) is 1. The van der Waals surface area contributed by atoms with Gasteiger partial charge in [-0.1, -0.05) is 53.5 Å². The van der Waals surface area contributed by atoms with Crippen molar-refractivity contribution in [2.45, 2.75) is 24.9 Å². The number of fused-ring (bicyclic) bond motifs is 3. The summed E-state index contributed by atoms with van der Waals surface area (Å²) in [5, 5.41) is 11.8. The van der Waals surface area contributed by atoms with Crippen LogP contribution in [-0.4, -0.2) is 5.11 Å². The standard InChI is InChI=1S/C18H16Cl2O/c19-14-8-6-11(9-15(14)20)18(21)17-13-7-5-10-3-1-2-4-12(10)16(13)17/h1-4,6,8-9,13,16-18,21H,5,7H2. The first-order chi connectivity index (χ1) is 10.2. The predicted molar refractivity (Wildman–Crippen MR) is 85.9 cm³/mol. The Balaban J connectivity index is 1.63. The maximum atomic E-state index is 10.7. The van der Waals surface area contributed by atoms with Gasteiger partial charge in [0.2, 0.25) is 0 Å². The van der Waals surface area contributed by atoms with Crippen LogP contribution in [0.4, 0.5) is 0 Å². The maximum Gasteiger partial charge on any atom is 0.0827 e. The van der Waals surface area contributed by atoms with Crippen molar-refractivity contribution in [1.29, 1.82) is 0 Å². The smallest absolute Gasteiger partial charge is 0.0827 e. The number of halogens is 2. The summed E-state index contributed by atoms with van der Waals surface area (Å²) in [5.41, 5.74) is 3.75. The van der Waals surface area contributed by atoms with Crippen molar-refractivity contribution in [3.05, 3.63) is 69.2 Å². The minimum atomic E-state index is -0.457. The minimum absolute atomic E-state index is 0.311. The molecule has 1 saturated carbocycles. The van der Waals surface area contributed by atoms with E-state index in [2.05, 4.69) is 24.3 Å². The average molecular weight is 319 g/mol. The molecule has 0 heterocycles. The van der Waals surface area contributed by atoms with E-state index in [0.717, 1.165) is 12.0 Å². The summed E-state index contributed by atoms with van der Waals surface area (Å²) in [6.07, 6.45) is 1.84. The highest BCUT2D eigenvalue weighted by Gasteiger charge is 2.56. The molecule has 0 aliphatic heterocycles. The van der Waals surface area contributed by atoms with Gasteiger partial charge in [0.1, 0.15) is 0 Å². The van der Waals surface area contributed by atoms with Gasteiger partial charge in [0.15, 0.2) is 0 Å². The summed E-state index contributed by atoms with van der Waals surface area (Å²) in [5.74, 6) is 1.41. The molecule has 0 spiro atoms. The number of aliphatic hydroxyl groups excluding tert-OH is 1. The molecular weight excluding hydrogens is 303 g/mol. The zero-order chi connectivity index (χ0) is 14.6. The maximum absolute atomic E-state index is 10.7. The van der Waals surface area contributed by atoms with Gasteiger partial charge in [-0.2, -0.15) is 0 Å². The highest BCUT2D eigenvalue weighted by atomic mass is 35.5. The van der Waals surface area contributed by atoms with Crippen LogP contribution >= 0.6 is 23.2 Å². The number of hydrogen-bond donors (Lipinski definition) is 1. The molecule has 4 atom stereocenters. The second kappa shape index (κ2) is 5.01.